The molecule has 3 nitrogen and oxygen atoms in total. The summed E-state index contributed by atoms with van der Waals surface area (Å²) in [6.07, 6.45) is -4.63. The summed E-state index contributed by atoms with van der Waals surface area (Å²) in [6, 6.07) is 8.35. The number of nitrogens with zero attached hydrogens (tertiary/aromatic N) is 1. The Bertz CT molecular complexity index is 551. The Morgan fingerprint density at radius 2 is 2.00 bits per heavy atom. The summed E-state index contributed by atoms with van der Waals surface area (Å²) in [5.74, 6) is -1.91. The van der Waals surface area contributed by atoms with Gasteiger partial charge in [0, 0.05) is 16.9 Å². The maximum atomic E-state index is 13.7. The normalized spacial score (nSPS) is 33.0. The van der Waals surface area contributed by atoms with Crippen LogP contribution < -0.4 is 0 Å². The van der Waals surface area contributed by atoms with Crippen LogP contribution in [0.2, 0.25) is 0 Å². The molecule has 0 amide bonds. The molecule has 0 saturated carbocycles. The summed E-state index contributed by atoms with van der Waals surface area (Å²) in [4.78, 5) is 13.2. The molecule has 21 heavy (non-hydrogen) atoms. The number of fused-ring (bicyclic) bond motifs is 1. The molecule has 0 bridgehead atoms. The highest BCUT2D eigenvalue weighted by Crippen LogP contribution is 2.55. The molecule has 114 valence electrons. The number of hydrogen-bond donors (Lipinski definition) is 0. The number of halogens is 4. The van der Waals surface area contributed by atoms with Crippen LogP contribution in [0.5, 0.6) is 0 Å². The number of morpholine rings is 1. The van der Waals surface area contributed by atoms with Gasteiger partial charge in [-0.25, -0.2) is 4.79 Å². The highest BCUT2D eigenvalue weighted by Gasteiger charge is 2.76. The van der Waals surface area contributed by atoms with Crippen molar-refractivity contribution in [2.75, 3.05) is 17.6 Å². The molecule has 0 aromatic heterocycles. The third-order valence-electron chi connectivity index (χ3n) is 4.32. The van der Waals surface area contributed by atoms with Gasteiger partial charge in [0.2, 0.25) is 5.54 Å². The summed E-state index contributed by atoms with van der Waals surface area (Å²) in [5, 5.41) is 0. The Kier molecular flexibility index (Phi) is 3.67. The van der Waals surface area contributed by atoms with Crippen LogP contribution in [0, 0.1) is 5.92 Å². The Labute approximate surface area is 133 Å². The highest BCUT2D eigenvalue weighted by atomic mass is 127. The molecule has 0 N–H and O–H groups in total. The van der Waals surface area contributed by atoms with Crippen LogP contribution in [0.3, 0.4) is 0 Å². The second kappa shape index (κ2) is 5.12. The number of cyclic esters (lactones) is 1. The predicted octanol–water partition coefficient (Wildman–Crippen LogP) is 2.95. The zero-order valence-corrected chi connectivity index (χ0v) is 13.1. The molecule has 2 aliphatic heterocycles. The average molecular weight is 411 g/mol. The Morgan fingerprint density at radius 1 is 1.33 bits per heavy atom. The molecule has 3 atom stereocenters. The molecule has 2 heterocycles. The summed E-state index contributed by atoms with van der Waals surface area (Å²) in [5.41, 5.74) is -1.74. The third-order valence-corrected chi connectivity index (χ3v) is 5.39. The lowest BCUT2D eigenvalue weighted by atomic mass is 9.71. The van der Waals surface area contributed by atoms with Crippen LogP contribution in [0.25, 0.3) is 0 Å². The number of esters is 1. The van der Waals surface area contributed by atoms with Gasteiger partial charge in [0.05, 0.1) is 6.04 Å². The van der Waals surface area contributed by atoms with E-state index in [2.05, 4.69) is 0 Å². The smallest absolute Gasteiger partial charge is 0.418 e. The van der Waals surface area contributed by atoms with Crippen LogP contribution >= 0.6 is 22.6 Å². The fourth-order valence-electron chi connectivity index (χ4n) is 3.27. The van der Waals surface area contributed by atoms with Gasteiger partial charge in [-0.05, 0) is 5.56 Å². The standard InChI is InChI=1S/C14H13F3INO2/c15-14(16,17)13-10(6-18)7-19(13)11(8-21-12(13)20)9-4-2-1-3-5-9/h1-5,10-11H,6-8H2/t10-,11+,13+/m0/s1. The molecule has 1 aromatic rings. The minimum Gasteiger partial charge on any atom is -0.462 e. The summed E-state index contributed by atoms with van der Waals surface area (Å²) < 4.78 is 46.2. The number of carbonyl (C=O) groups excluding carboxylic acids is 1. The van der Waals surface area contributed by atoms with E-state index in [1.165, 1.54) is 4.90 Å². The molecule has 1 aromatic carbocycles. The topological polar surface area (TPSA) is 29.5 Å². The Hall–Kier alpha value is -0.830. The number of rotatable bonds is 2. The molecule has 0 spiro atoms. The van der Waals surface area contributed by atoms with E-state index >= 15 is 0 Å². The van der Waals surface area contributed by atoms with E-state index in [1.54, 1.807) is 30.3 Å². The summed E-state index contributed by atoms with van der Waals surface area (Å²) >= 11 is 1.90. The summed E-state index contributed by atoms with van der Waals surface area (Å²) in [7, 11) is 0. The Morgan fingerprint density at radius 3 is 2.57 bits per heavy atom. The lowest BCUT2D eigenvalue weighted by Gasteiger charge is -2.61. The minimum atomic E-state index is -4.63. The van der Waals surface area contributed by atoms with Crippen molar-refractivity contribution in [2.24, 2.45) is 5.92 Å². The molecule has 2 fully saturated rings. The van der Waals surface area contributed by atoms with Gasteiger partial charge in [-0.3, -0.25) is 4.90 Å². The number of alkyl halides is 4. The van der Waals surface area contributed by atoms with Crippen LogP contribution in [-0.4, -0.2) is 40.2 Å². The minimum absolute atomic E-state index is 0.0331. The van der Waals surface area contributed by atoms with Crippen molar-refractivity contribution < 1.29 is 22.7 Å². The van der Waals surface area contributed by atoms with Crippen LogP contribution in [0.1, 0.15) is 11.6 Å². The lowest BCUT2D eigenvalue weighted by Crippen LogP contribution is -2.81. The largest absolute Gasteiger partial charge is 0.462 e. The first-order valence-corrected chi connectivity index (χ1v) is 8.07. The number of benzene rings is 1. The zero-order chi connectivity index (χ0) is 15.3. The van der Waals surface area contributed by atoms with Crippen molar-refractivity contribution in [3.05, 3.63) is 35.9 Å². The van der Waals surface area contributed by atoms with E-state index in [-0.39, 0.29) is 17.6 Å². The molecule has 7 heteroatoms. The van der Waals surface area contributed by atoms with E-state index in [0.29, 0.717) is 0 Å². The van der Waals surface area contributed by atoms with Gasteiger partial charge in [-0.1, -0.05) is 52.9 Å². The molecule has 2 aliphatic rings. The Balaban J connectivity index is 2.03. The molecular formula is C14H13F3INO2. The zero-order valence-electron chi connectivity index (χ0n) is 10.9. The van der Waals surface area contributed by atoms with Crippen molar-refractivity contribution in [3.8, 4) is 0 Å². The van der Waals surface area contributed by atoms with Gasteiger partial charge in [-0.2, -0.15) is 13.2 Å². The van der Waals surface area contributed by atoms with Crippen molar-refractivity contribution in [3.63, 3.8) is 0 Å². The first-order chi connectivity index (χ1) is 9.92. The van der Waals surface area contributed by atoms with E-state index in [0.717, 1.165) is 5.56 Å². The summed E-state index contributed by atoms with van der Waals surface area (Å²) in [6.45, 7) is 0.228. The maximum Gasteiger partial charge on any atom is 0.418 e. The van der Waals surface area contributed by atoms with E-state index in [9.17, 15) is 18.0 Å². The molecule has 3 rings (SSSR count). The van der Waals surface area contributed by atoms with E-state index in [1.807, 2.05) is 22.6 Å². The van der Waals surface area contributed by atoms with E-state index < -0.39 is 29.6 Å². The van der Waals surface area contributed by atoms with Crippen molar-refractivity contribution in [1.82, 2.24) is 4.90 Å². The molecule has 0 radical (unpaired) electrons. The first kappa shape index (κ1) is 15.1. The van der Waals surface area contributed by atoms with Gasteiger partial charge in [0.1, 0.15) is 6.61 Å². The fourth-order valence-corrected chi connectivity index (χ4v) is 4.18. The van der Waals surface area contributed by atoms with E-state index in [4.69, 9.17) is 4.74 Å². The van der Waals surface area contributed by atoms with Gasteiger partial charge in [-0.15, -0.1) is 0 Å². The van der Waals surface area contributed by atoms with Crippen molar-refractivity contribution in [1.29, 1.82) is 0 Å². The molecule has 2 saturated heterocycles. The first-order valence-electron chi connectivity index (χ1n) is 6.54. The van der Waals surface area contributed by atoms with Crippen molar-refractivity contribution in [2.45, 2.75) is 17.8 Å². The molecular weight excluding hydrogens is 398 g/mol. The van der Waals surface area contributed by atoms with Crippen LogP contribution in [0.15, 0.2) is 30.3 Å². The van der Waals surface area contributed by atoms with Gasteiger partial charge in [0.15, 0.2) is 0 Å². The second-order valence-corrected chi connectivity index (χ2v) is 6.17. The van der Waals surface area contributed by atoms with Crippen molar-refractivity contribution >= 4 is 28.6 Å². The predicted molar refractivity (Wildman–Crippen MR) is 78.0 cm³/mol. The van der Waals surface area contributed by atoms with Gasteiger partial charge in [0.25, 0.3) is 0 Å². The molecule has 0 aliphatic carbocycles. The average Bonchev–Trinajstić information content (AvgIpc) is 2.40. The quantitative estimate of drug-likeness (QED) is 0.426. The van der Waals surface area contributed by atoms with Crippen LogP contribution in [0.4, 0.5) is 13.2 Å². The molecule has 0 unspecified atom stereocenters. The number of ether oxygens (including phenoxy) is 1. The second-order valence-electron chi connectivity index (χ2n) is 5.29. The van der Waals surface area contributed by atoms with Crippen LogP contribution in [-0.2, 0) is 9.53 Å². The highest BCUT2D eigenvalue weighted by molar-refractivity contribution is 14.1. The van der Waals surface area contributed by atoms with Gasteiger partial charge < -0.3 is 4.74 Å². The number of carbonyl (C=O) groups is 1. The maximum absolute atomic E-state index is 13.7. The lowest BCUT2D eigenvalue weighted by molar-refractivity contribution is -0.309. The van der Waals surface area contributed by atoms with Gasteiger partial charge >= 0.3 is 12.1 Å². The fraction of sp³-hybridized carbons (Fsp3) is 0.500. The third kappa shape index (κ3) is 2.00. The number of hydrogen-bond acceptors (Lipinski definition) is 3. The monoisotopic (exact) mass is 411 g/mol. The SMILES string of the molecule is O=C1OC[C@H](c2ccccc2)N2C[C@H](CI)[C@]12C(F)(F)F.